The minimum Gasteiger partial charge on any atom is -0.508 e. The summed E-state index contributed by atoms with van der Waals surface area (Å²) in [6.45, 7) is 7.01. The van der Waals surface area contributed by atoms with E-state index >= 15 is 4.39 Å². The number of nitrogens with one attached hydrogen (secondary N) is 1. The molecule has 0 spiro atoms. The van der Waals surface area contributed by atoms with Crippen LogP contribution >= 0.6 is 11.6 Å². The lowest BCUT2D eigenvalue weighted by atomic mass is 9.95. The molecule has 0 amide bonds. The number of phenols is 1. The third-order valence-electron chi connectivity index (χ3n) is 6.46. The van der Waals surface area contributed by atoms with Gasteiger partial charge in [0, 0.05) is 42.3 Å². The lowest BCUT2D eigenvalue weighted by Gasteiger charge is -2.35. The zero-order chi connectivity index (χ0) is 25.3. The van der Waals surface area contributed by atoms with Crippen LogP contribution in [0, 0.1) is 5.82 Å². The standard InChI is InChI=1S/C24H24ClF4N5O/c1-23(2,3)22-32-20-15(21(33-22)34-9-11-4-5-12(10-34)31-11)8-30-19(18(20)26)14-6-13(35)7-16(25)17(14)24(27,28)29/h6-8,11-12,31,35H,4-5,9-10H2,1-3H3. The Bertz CT molecular complexity index is 1310. The fraction of sp³-hybridized carbons (Fsp3) is 0.458. The summed E-state index contributed by atoms with van der Waals surface area (Å²) < 4.78 is 57.5. The maximum atomic E-state index is 16.0. The van der Waals surface area contributed by atoms with Crippen LogP contribution in [0.4, 0.5) is 23.4 Å². The number of hydrogen-bond donors (Lipinski definition) is 2. The molecule has 11 heteroatoms. The maximum absolute atomic E-state index is 16.0. The summed E-state index contributed by atoms with van der Waals surface area (Å²) in [4.78, 5) is 15.3. The molecule has 0 radical (unpaired) electrons. The van der Waals surface area contributed by atoms with Crippen LogP contribution in [-0.4, -0.2) is 45.2 Å². The van der Waals surface area contributed by atoms with Crippen LogP contribution in [0.25, 0.3) is 22.2 Å². The number of piperazine rings is 1. The third kappa shape index (κ3) is 4.27. The van der Waals surface area contributed by atoms with Crippen molar-refractivity contribution in [3.8, 4) is 17.0 Å². The van der Waals surface area contributed by atoms with Crippen LogP contribution in [0.5, 0.6) is 5.75 Å². The van der Waals surface area contributed by atoms with E-state index in [0.29, 0.717) is 30.1 Å². The first-order valence-corrected chi connectivity index (χ1v) is 11.7. The number of halogens is 5. The van der Waals surface area contributed by atoms with E-state index in [1.54, 1.807) is 0 Å². The van der Waals surface area contributed by atoms with Gasteiger partial charge in [-0.25, -0.2) is 14.4 Å². The molecule has 2 aliphatic heterocycles. The van der Waals surface area contributed by atoms with Gasteiger partial charge in [-0.05, 0) is 25.0 Å². The fourth-order valence-corrected chi connectivity index (χ4v) is 5.16. The number of aromatic nitrogens is 3. The Morgan fingerprint density at radius 2 is 1.74 bits per heavy atom. The summed E-state index contributed by atoms with van der Waals surface area (Å²) in [5.41, 5.74) is -3.18. The molecule has 35 heavy (non-hydrogen) atoms. The predicted molar refractivity (Wildman–Crippen MR) is 125 cm³/mol. The second-order valence-corrected chi connectivity index (χ2v) is 10.6. The number of phenolic OH excluding ortho intramolecular Hbond substituents is 1. The van der Waals surface area contributed by atoms with Crippen molar-refractivity contribution >= 4 is 28.3 Å². The van der Waals surface area contributed by atoms with Crippen molar-refractivity contribution in [2.45, 2.75) is 57.3 Å². The average Bonchev–Trinajstić information content (AvgIpc) is 3.08. The SMILES string of the molecule is CC(C)(C)c1nc(N2CC3CCC(C2)N3)c2cnc(-c3cc(O)cc(Cl)c3C(F)(F)F)c(F)c2n1. The Hall–Kier alpha value is -2.72. The van der Waals surface area contributed by atoms with E-state index in [0.717, 1.165) is 25.0 Å². The van der Waals surface area contributed by atoms with Gasteiger partial charge in [-0.2, -0.15) is 13.2 Å². The van der Waals surface area contributed by atoms with E-state index in [-0.39, 0.29) is 17.6 Å². The highest BCUT2D eigenvalue weighted by molar-refractivity contribution is 6.32. The normalized spacial score (nSPS) is 20.6. The van der Waals surface area contributed by atoms with E-state index in [2.05, 4.69) is 20.2 Å². The van der Waals surface area contributed by atoms with Crippen molar-refractivity contribution in [1.29, 1.82) is 0 Å². The average molecular weight is 510 g/mol. The van der Waals surface area contributed by atoms with Crippen LogP contribution < -0.4 is 10.2 Å². The van der Waals surface area contributed by atoms with Crippen LogP contribution in [-0.2, 0) is 11.6 Å². The summed E-state index contributed by atoms with van der Waals surface area (Å²) in [7, 11) is 0. The minimum atomic E-state index is -4.89. The first kappa shape index (κ1) is 24.0. The van der Waals surface area contributed by atoms with Crippen molar-refractivity contribution in [1.82, 2.24) is 20.3 Å². The molecule has 2 fully saturated rings. The van der Waals surface area contributed by atoms with Crippen molar-refractivity contribution < 1.29 is 22.7 Å². The monoisotopic (exact) mass is 509 g/mol. The molecular weight excluding hydrogens is 486 g/mol. The van der Waals surface area contributed by atoms with Gasteiger partial charge < -0.3 is 15.3 Å². The summed E-state index contributed by atoms with van der Waals surface area (Å²) in [5, 5.41) is 13.0. The molecule has 2 saturated heterocycles. The Kier molecular flexibility index (Phi) is 5.60. The van der Waals surface area contributed by atoms with Gasteiger partial charge in [-0.15, -0.1) is 0 Å². The highest BCUT2D eigenvalue weighted by Crippen LogP contribution is 2.44. The number of hydrogen-bond acceptors (Lipinski definition) is 6. The second-order valence-electron chi connectivity index (χ2n) is 10.2. The van der Waals surface area contributed by atoms with E-state index in [4.69, 9.17) is 16.6 Å². The Balaban J connectivity index is 1.76. The molecule has 0 aliphatic carbocycles. The van der Waals surface area contributed by atoms with Crippen molar-refractivity contribution in [3.63, 3.8) is 0 Å². The van der Waals surface area contributed by atoms with E-state index in [9.17, 15) is 18.3 Å². The van der Waals surface area contributed by atoms with Crippen molar-refractivity contribution in [3.05, 3.63) is 40.6 Å². The molecule has 6 nitrogen and oxygen atoms in total. The Morgan fingerprint density at radius 1 is 1.09 bits per heavy atom. The van der Waals surface area contributed by atoms with Crippen LogP contribution in [0.2, 0.25) is 5.02 Å². The highest BCUT2D eigenvalue weighted by Gasteiger charge is 2.39. The summed E-state index contributed by atoms with van der Waals surface area (Å²) in [6.07, 6.45) is -1.52. The molecule has 0 saturated carbocycles. The van der Waals surface area contributed by atoms with Gasteiger partial charge in [0.2, 0.25) is 0 Å². The first-order chi connectivity index (χ1) is 16.3. The van der Waals surface area contributed by atoms with Gasteiger partial charge in [0.05, 0.1) is 16.0 Å². The zero-order valence-corrected chi connectivity index (χ0v) is 20.1. The summed E-state index contributed by atoms with van der Waals surface area (Å²) in [6, 6.07) is 2.16. The number of fused-ring (bicyclic) bond motifs is 3. The van der Waals surface area contributed by atoms with E-state index in [1.807, 2.05) is 20.8 Å². The zero-order valence-electron chi connectivity index (χ0n) is 19.3. The molecule has 186 valence electrons. The van der Waals surface area contributed by atoms with Crippen LogP contribution in [0.15, 0.2) is 18.3 Å². The molecule has 2 N–H and O–H groups in total. The van der Waals surface area contributed by atoms with E-state index in [1.165, 1.54) is 6.20 Å². The Labute approximate surface area is 204 Å². The third-order valence-corrected chi connectivity index (χ3v) is 6.76. The Morgan fingerprint density at radius 3 is 2.34 bits per heavy atom. The number of rotatable bonds is 2. The summed E-state index contributed by atoms with van der Waals surface area (Å²) in [5.74, 6) is -0.676. The smallest absolute Gasteiger partial charge is 0.418 e. The first-order valence-electron chi connectivity index (χ1n) is 11.3. The molecule has 5 rings (SSSR count). The van der Waals surface area contributed by atoms with Gasteiger partial charge in [0.1, 0.15) is 28.6 Å². The minimum absolute atomic E-state index is 0.122. The maximum Gasteiger partial charge on any atom is 0.418 e. The molecule has 3 aromatic rings. The molecule has 2 atom stereocenters. The molecule has 4 heterocycles. The lowest BCUT2D eigenvalue weighted by Crippen LogP contribution is -2.51. The second kappa shape index (κ2) is 8.16. The molecule has 2 unspecified atom stereocenters. The van der Waals surface area contributed by atoms with E-state index < -0.39 is 45.0 Å². The topological polar surface area (TPSA) is 74.2 Å². The number of alkyl halides is 3. The molecule has 2 bridgehead atoms. The van der Waals surface area contributed by atoms with Gasteiger partial charge in [-0.1, -0.05) is 32.4 Å². The largest absolute Gasteiger partial charge is 0.508 e. The number of pyridine rings is 1. The number of anilines is 1. The van der Waals surface area contributed by atoms with Crippen LogP contribution in [0.1, 0.15) is 45.0 Å². The van der Waals surface area contributed by atoms with Crippen molar-refractivity contribution in [2.24, 2.45) is 0 Å². The summed E-state index contributed by atoms with van der Waals surface area (Å²) >= 11 is 5.82. The van der Waals surface area contributed by atoms with Gasteiger partial charge in [-0.3, -0.25) is 4.98 Å². The van der Waals surface area contributed by atoms with Gasteiger partial charge in [0.25, 0.3) is 0 Å². The number of aromatic hydroxyl groups is 1. The number of benzene rings is 1. The molecule has 2 aromatic heterocycles. The number of nitrogens with zero attached hydrogens (tertiary/aromatic N) is 4. The van der Waals surface area contributed by atoms with Crippen molar-refractivity contribution in [2.75, 3.05) is 18.0 Å². The predicted octanol–water partition coefficient (Wildman–Crippen LogP) is 5.45. The molecule has 1 aromatic carbocycles. The van der Waals surface area contributed by atoms with Gasteiger partial charge >= 0.3 is 6.18 Å². The molecule has 2 aliphatic rings. The fourth-order valence-electron chi connectivity index (χ4n) is 4.84. The highest BCUT2D eigenvalue weighted by atomic mass is 35.5. The lowest BCUT2D eigenvalue weighted by molar-refractivity contribution is -0.137. The van der Waals surface area contributed by atoms with Gasteiger partial charge in [0.15, 0.2) is 5.82 Å². The van der Waals surface area contributed by atoms with Crippen LogP contribution in [0.3, 0.4) is 0 Å². The quantitative estimate of drug-likeness (QED) is 0.448. The molecular formula is C24H24ClF4N5O.